The number of carbonyl (C=O) groups is 1. The van der Waals surface area contributed by atoms with Crippen LogP contribution in [-0.4, -0.2) is 25.7 Å². The van der Waals surface area contributed by atoms with E-state index in [0.717, 1.165) is 17.3 Å². The standard InChI is InChI=1S/C17H16FN5O/c1-11(24)21-15-8-13-12(9-19-15)10-20-23(13)16-5-2-4-14(22-16)17(18)6-3-7-17/h2,4-5,8-10H,3,6-7H2,1H3,(H,19,21,24). The van der Waals surface area contributed by atoms with E-state index in [9.17, 15) is 9.18 Å². The lowest BCUT2D eigenvalue weighted by molar-refractivity contribution is -0.114. The molecule has 0 radical (unpaired) electrons. The van der Waals surface area contributed by atoms with Crippen molar-refractivity contribution in [3.8, 4) is 5.82 Å². The molecule has 6 nitrogen and oxygen atoms in total. The molecular weight excluding hydrogens is 309 g/mol. The van der Waals surface area contributed by atoms with Crippen molar-refractivity contribution < 1.29 is 9.18 Å². The number of hydrogen-bond donors (Lipinski definition) is 1. The van der Waals surface area contributed by atoms with Crippen LogP contribution in [0, 0.1) is 0 Å². The Hall–Kier alpha value is -2.83. The van der Waals surface area contributed by atoms with Gasteiger partial charge >= 0.3 is 0 Å². The molecule has 24 heavy (non-hydrogen) atoms. The van der Waals surface area contributed by atoms with Crippen LogP contribution < -0.4 is 5.32 Å². The van der Waals surface area contributed by atoms with Gasteiger partial charge in [-0.05, 0) is 31.4 Å². The van der Waals surface area contributed by atoms with Crippen molar-refractivity contribution in [2.75, 3.05) is 5.32 Å². The fraction of sp³-hybridized carbons (Fsp3) is 0.294. The van der Waals surface area contributed by atoms with Crippen LogP contribution in [0.1, 0.15) is 31.9 Å². The summed E-state index contributed by atoms with van der Waals surface area (Å²) < 4.78 is 16.3. The minimum atomic E-state index is -1.32. The van der Waals surface area contributed by atoms with E-state index in [1.165, 1.54) is 6.92 Å². The SMILES string of the molecule is CC(=O)Nc1cc2c(cn1)cnn2-c1cccc(C2(F)CCC2)n1. The third kappa shape index (κ3) is 2.42. The Bertz CT molecular complexity index is 932. The monoisotopic (exact) mass is 325 g/mol. The van der Waals surface area contributed by atoms with Crippen LogP contribution >= 0.6 is 0 Å². The maximum absolute atomic E-state index is 14.6. The molecule has 0 aliphatic heterocycles. The molecule has 3 heterocycles. The van der Waals surface area contributed by atoms with E-state index in [1.807, 2.05) is 0 Å². The summed E-state index contributed by atoms with van der Waals surface area (Å²) in [5.74, 6) is 0.789. The molecule has 4 rings (SSSR count). The lowest BCUT2D eigenvalue weighted by atomic mass is 9.79. The highest BCUT2D eigenvalue weighted by atomic mass is 19.1. The molecule has 0 saturated heterocycles. The Morgan fingerprint density at radius 3 is 2.88 bits per heavy atom. The van der Waals surface area contributed by atoms with E-state index in [1.54, 1.807) is 41.3 Å². The molecule has 0 spiro atoms. The number of halogens is 1. The van der Waals surface area contributed by atoms with Gasteiger partial charge in [0, 0.05) is 24.6 Å². The number of nitrogens with zero attached hydrogens (tertiary/aromatic N) is 4. The summed E-state index contributed by atoms with van der Waals surface area (Å²) in [4.78, 5) is 19.8. The molecule has 1 N–H and O–H groups in total. The van der Waals surface area contributed by atoms with Gasteiger partial charge in [-0.2, -0.15) is 5.10 Å². The zero-order chi connectivity index (χ0) is 16.7. The van der Waals surface area contributed by atoms with Crippen molar-refractivity contribution in [3.05, 3.63) is 42.4 Å². The van der Waals surface area contributed by atoms with Gasteiger partial charge in [0.05, 0.1) is 17.4 Å². The van der Waals surface area contributed by atoms with Gasteiger partial charge < -0.3 is 5.32 Å². The lowest BCUT2D eigenvalue weighted by Gasteiger charge is -2.33. The number of nitrogens with one attached hydrogen (secondary N) is 1. The maximum atomic E-state index is 14.6. The summed E-state index contributed by atoms with van der Waals surface area (Å²) in [7, 11) is 0. The molecular formula is C17H16FN5O. The molecule has 0 aromatic carbocycles. The Morgan fingerprint density at radius 1 is 1.33 bits per heavy atom. The van der Waals surface area contributed by atoms with Crippen LogP contribution in [0.4, 0.5) is 10.2 Å². The normalized spacial score (nSPS) is 15.9. The Morgan fingerprint density at radius 2 is 2.17 bits per heavy atom. The second kappa shape index (κ2) is 5.36. The molecule has 0 bridgehead atoms. The van der Waals surface area contributed by atoms with Crippen molar-refractivity contribution in [1.82, 2.24) is 19.7 Å². The second-order valence-electron chi connectivity index (χ2n) is 6.07. The second-order valence-corrected chi connectivity index (χ2v) is 6.07. The molecule has 1 aliphatic rings. The quantitative estimate of drug-likeness (QED) is 0.803. The highest BCUT2D eigenvalue weighted by Gasteiger charge is 2.40. The van der Waals surface area contributed by atoms with Crippen molar-refractivity contribution in [3.63, 3.8) is 0 Å². The third-order valence-electron chi connectivity index (χ3n) is 4.31. The summed E-state index contributed by atoms with van der Waals surface area (Å²) in [6.07, 6.45) is 5.22. The topological polar surface area (TPSA) is 72.7 Å². The fourth-order valence-corrected chi connectivity index (χ4v) is 2.89. The summed E-state index contributed by atoms with van der Waals surface area (Å²) in [5.41, 5.74) is -0.118. The van der Waals surface area contributed by atoms with Crippen molar-refractivity contribution in [2.24, 2.45) is 0 Å². The first kappa shape index (κ1) is 14.7. The van der Waals surface area contributed by atoms with Gasteiger partial charge in [-0.3, -0.25) is 4.79 Å². The minimum Gasteiger partial charge on any atom is -0.311 e. The number of anilines is 1. The Balaban J connectivity index is 1.78. The number of rotatable bonds is 3. The van der Waals surface area contributed by atoms with Crippen LogP contribution in [-0.2, 0) is 10.5 Å². The average molecular weight is 325 g/mol. The highest BCUT2D eigenvalue weighted by Crippen LogP contribution is 2.44. The molecule has 1 fully saturated rings. The number of carbonyl (C=O) groups excluding carboxylic acids is 1. The molecule has 1 aliphatic carbocycles. The smallest absolute Gasteiger partial charge is 0.222 e. The number of aromatic nitrogens is 4. The molecule has 1 amide bonds. The number of pyridine rings is 2. The average Bonchev–Trinajstić information content (AvgIpc) is 2.95. The van der Waals surface area contributed by atoms with Crippen LogP contribution in [0.25, 0.3) is 16.7 Å². The molecule has 0 unspecified atom stereocenters. The zero-order valence-corrected chi connectivity index (χ0v) is 13.2. The molecule has 3 aromatic rings. The molecule has 1 saturated carbocycles. The van der Waals surface area contributed by atoms with Crippen LogP contribution in [0.2, 0.25) is 0 Å². The highest BCUT2D eigenvalue weighted by molar-refractivity contribution is 5.90. The number of amides is 1. The minimum absolute atomic E-state index is 0.197. The predicted octanol–water partition coefficient (Wildman–Crippen LogP) is 3.12. The van der Waals surface area contributed by atoms with Gasteiger partial charge in [0.2, 0.25) is 5.91 Å². The fourth-order valence-electron chi connectivity index (χ4n) is 2.89. The lowest BCUT2D eigenvalue weighted by Crippen LogP contribution is -2.30. The maximum Gasteiger partial charge on any atom is 0.222 e. The Labute approximate surface area is 137 Å². The van der Waals surface area contributed by atoms with E-state index < -0.39 is 5.67 Å². The van der Waals surface area contributed by atoms with Crippen molar-refractivity contribution in [2.45, 2.75) is 31.9 Å². The number of hydrogen-bond acceptors (Lipinski definition) is 4. The van der Waals surface area contributed by atoms with E-state index >= 15 is 0 Å². The Kier molecular flexibility index (Phi) is 3.30. The molecule has 7 heteroatoms. The van der Waals surface area contributed by atoms with Gasteiger partial charge in [-0.1, -0.05) is 6.07 Å². The van der Waals surface area contributed by atoms with Gasteiger partial charge in [0.15, 0.2) is 11.5 Å². The first-order valence-corrected chi connectivity index (χ1v) is 7.83. The van der Waals surface area contributed by atoms with E-state index in [4.69, 9.17) is 0 Å². The van der Waals surface area contributed by atoms with E-state index in [2.05, 4.69) is 20.4 Å². The van der Waals surface area contributed by atoms with Crippen LogP contribution in [0.5, 0.6) is 0 Å². The van der Waals surface area contributed by atoms with E-state index in [-0.39, 0.29) is 5.91 Å². The van der Waals surface area contributed by atoms with Gasteiger partial charge in [0.1, 0.15) is 5.82 Å². The summed E-state index contributed by atoms with van der Waals surface area (Å²) in [6.45, 7) is 1.42. The first-order valence-electron chi connectivity index (χ1n) is 7.83. The van der Waals surface area contributed by atoms with E-state index in [0.29, 0.717) is 30.2 Å². The van der Waals surface area contributed by atoms with Gasteiger partial charge in [-0.15, -0.1) is 0 Å². The van der Waals surface area contributed by atoms with Crippen LogP contribution in [0.15, 0.2) is 36.7 Å². The third-order valence-corrected chi connectivity index (χ3v) is 4.31. The van der Waals surface area contributed by atoms with Crippen molar-refractivity contribution >= 4 is 22.6 Å². The number of alkyl halides is 1. The zero-order valence-electron chi connectivity index (χ0n) is 13.2. The summed E-state index contributed by atoms with van der Waals surface area (Å²) >= 11 is 0. The largest absolute Gasteiger partial charge is 0.311 e. The van der Waals surface area contributed by atoms with Gasteiger partial charge in [0.25, 0.3) is 0 Å². The predicted molar refractivity (Wildman–Crippen MR) is 87.6 cm³/mol. The first-order chi connectivity index (χ1) is 11.5. The van der Waals surface area contributed by atoms with Gasteiger partial charge in [-0.25, -0.2) is 19.0 Å². The molecule has 3 aromatic heterocycles. The van der Waals surface area contributed by atoms with Crippen molar-refractivity contribution in [1.29, 1.82) is 0 Å². The summed E-state index contributed by atoms with van der Waals surface area (Å²) in [6, 6.07) is 7.03. The molecule has 122 valence electrons. The molecule has 0 atom stereocenters. The number of fused-ring (bicyclic) bond motifs is 1. The van der Waals surface area contributed by atoms with Crippen LogP contribution in [0.3, 0.4) is 0 Å². The summed E-state index contributed by atoms with van der Waals surface area (Å²) in [5, 5.41) is 7.79.